The van der Waals surface area contributed by atoms with Crippen molar-refractivity contribution in [1.29, 1.82) is 0 Å². The van der Waals surface area contributed by atoms with E-state index in [2.05, 4.69) is 33.9 Å². The van der Waals surface area contributed by atoms with E-state index in [1.54, 1.807) is 0 Å². The normalized spacial score (nSPS) is 31.8. The molecule has 2 aliphatic rings. The van der Waals surface area contributed by atoms with E-state index < -0.39 is 8.32 Å². The largest absolute Gasteiger partial charge is 0.417 e. The molecule has 2 fully saturated rings. The van der Waals surface area contributed by atoms with Crippen LogP contribution >= 0.6 is 0 Å². The van der Waals surface area contributed by atoms with Crippen molar-refractivity contribution in [3.63, 3.8) is 0 Å². The summed E-state index contributed by atoms with van der Waals surface area (Å²) in [5.41, 5.74) is 0. The highest BCUT2D eigenvalue weighted by molar-refractivity contribution is 6.74. The van der Waals surface area contributed by atoms with Crippen molar-refractivity contribution >= 4 is 8.32 Å². The fraction of sp³-hybridized carbons (Fsp3) is 1.00. The zero-order chi connectivity index (χ0) is 11.3. The average molecular weight is 228 g/mol. The van der Waals surface area contributed by atoms with Gasteiger partial charge in [-0.1, -0.05) is 20.8 Å². The fourth-order valence-electron chi connectivity index (χ4n) is 2.03. The van der Waals surface area contributed by atoms with E-state index in [0.717, 1.165) is 12.5 Å². The molecule has 1 aliphatic carbocycles. The van der Waals surface area contributed by atoms with Crippen LogP contribution in [0.25, 0.3) is 0 Å². The number of hydrogen-bond acceptors (Lipinski definition) is 2. The summed E-state index contributed by atoms with van der Waals surface area (Å²) in [6.45, 7) is 12.5. The van der Waals surface area contributed by atoms with Gasteiger partial charge in [-0.15, -0.1) is 0 Å². The molecule has 88 valence electrons. The molecule has 0 N–H and O–H groups in total. The first kappa shape index (κ1) is 11.6. The van der Waals surface area contributed by atoms with Gasteiger partial charge in [-0.05, 0) is 36.9 Å². The Morgan fingerprint density at radius 1 is 1.20 bits per heavy atom. The van der Waals surface area contributed by atoms with E-state index >= 15 is 0 Å². The van der Waals surface area contributed by atoms with Gasteiger partial charge in [0.25, 0.3) is 0 Å². The molecule has 0 aromatic heterocycles. The molecule has 2 nitrogen and oxygen atoms in total. The van der Waals surface area contributed by atoms with E-state index in [9.17, 15) is 0 Å². The van der Waals surface area contributed by atoms with Crippen LogP contribution < -0.4 is 0 Å². The molecule has 0 aromatic carbocycles. The zero-order valence-electron chi connectivity index (χ0n) is 10.7. The van der Waals surface area contributed by atoms with Crippen molar-refractivity contribution in [3.05, 3.63) is 0 Å². The van der Waals surface area contributed by atoms with E-state index in [1.807, 2.05) is 0 Å². The van der Waals surface area contributed by atoms with Crippen LogP contribution in [0.2, 0.25) is 18.1 Å². The molecule has 15 heavy (non-hydrogen) atoms. The number of hydrogen-bond donors (Lipinski definition) is 0. The first-order valence-electron chi connectivity index (χ1n) is 6.09. The Bertz CT molecular complexity index is 234. The van der Waals surface area contributed by atoms with Crippen LogP contribution in [0.1, 0.15) is 33.6 Å². The molecule has 3 heteroatoms. The van der Waals surface area contributed by atoms with Crippen LogP contribution in [0, 0.1) is 5.92 Å². The highest BCUT2D eigenvalue weighted by atomic mass is 28.4. The van der Waals surface area contributed by atoms with Crippen LogP contribution in [0.4, 0.5) is 0 Å². The summed E-state index contributed by atoms with van der Waals surface area (Å²) in [5.74, 6) is 0.767. The Morgan fingerprint density at radius 2 is 1.73 bits per heavy atom. The van der Waals surface area contributed by atoms with Gasteiger partial charge >= 0.3 is 0 Å². The number of fused-ring (bicyclic) bond motifs is 1. The second-order valence-corrected chi connectivity index (χ2v) is 11.4. The Balaban J connectivity index is 1.77. The average Bonchev–Trinajstić information content (AvgIpc) is 2.69. The Morgan fingerprint density at radius 3 is 2.20 bits per heavy atom. The van der Waals surface area contributed by atoms with Gasteiger partial charge in [0.1, 0.15) is 0 Å². The minimum Gasteiger partial charge on any atom is -0.417 e. The maximum atomic E-state index is 6.23. The minimum atomic E-state index is -1.52. The maximum Gasteiger partial charge on any atom is 0.191 e. The molecule has 2 atom stereocenters. The number of epoxide rings is 1. The monoisotopic (exact) mass is 228 g/mol. The summed E-state index contributed by atoms with van der Waals surface area (Å²) >= 11 is 0. The Hall–Kier alpha value is 0.137. The molecule has 1 saturated carbocycles. The lowest BCUT2D eigenvalue weighted by atomic mass is 10.1. The Kier molecular flexibility index (Phi) is 2.77. The lowest BCUT2D eigenvalue weighted by molar-refractivity contribution is 0.184. The summed E-state index contributed by atoms with van der Waals surface area (Å²) < 4.78 is 11.7. The van der Waals surface area contributed by atoms with Crippen LogP contribution in [-0.4, -0.2) is 27.1 Å². The molecular weight excluding hydrogens is 204 g/mol. The third kappa shape index (κ3) is 2.45. The third-order valence-electron chi connectivity index (χ3n) is 4.30. The van der Waals surface area contributed by atoms with E-state index in [4.69, 9.17) is 9.16 Å². The van der Waals surface area contributed by atoms with E-state index in [0.29, 0.717) is 17.2 Å². The van der Waals surface area contributed by atoms with Crippen molar-refractivity contribution in [2.45, 2.75) is 64.0 Å². The number of ether oxygens (including phenoxy) is 1. The van der Waals surface area contributed by atoms with Crippen molar-refractivity contribution in [2.75, 3.05) is 6.61 Å². The highest BCUT2D eigenvalue weighted by Crippen LogP contribution is 2.43. The van der Waals surface area contributed by atoms with E-state index in [1.165, 1.54) is 12.8 Å². The predicted octanol–water partition coefficient (Wildman–Crippen LogP) is 3.19. The Labute approximate surface area is 94.5 Å². The van der Waals surface area contributed by atoms with Crippen molar-refractivity contribution in [2.24, 2.45) is 5.92 Å². The smallest absolute Gasteiger partial charge is 0.191 e. The van der Waals surface area contributed by atoms with Gasteiger partial charge in [0, 0.05) is 6.61 Å². The van der Waals surface area contributed by atoms with Crippen LogP contribution in [0.15, 0.2) is 0 Å². The van der Waals surface area contributed by atoms with Crippen molar-refractivity contribution in [1.82, 2.24) is 0 Å². The predicted molar refractivity (Wildman–Crippen MR) is 64.5 cm³/mol. The van der Waals surface area contributed by atoms with Crippen molar-refractivity contribution < 1.29 is 9.16 Å². The van der Waals surface area contributed by atoms with E-state index in [-0.39, 0.29) is 0 Å². The summed E-state index contributed by atoms with van der Waals surface area (Å²) in [6.07, 6.45) is 3.66. The summed E-state index contributed by atoms with van der Waals surface area (Å²) in [4.78, 5) is 0. The maximum absolute atomic E-state index is 6.23. The molecule has 1 heterocycles. The SMILES string of the molecule is CC(C)(C)[Si](C)(C)OCC1C[C@H]2O[C@@H]2C1. The molecule has 0 bridgehead atoms. The molecule has 1 saturated heterocycles. The first-order chi connectivity index (χ1) is 6.79. The quantitative estimate of drug-likeness (QED) is 0.546. The van der Waals surface area contributed by atoms with Crippen LogP contribution in [-0.2, 0) is 9.16 Å². The lowest BCUT2D eigenvalue weighted by Crippen LogP contribution is -2.41. The molecular formula is C12H24O2Si. The summed E-state index contributed by atoms with van der Waals surface area (Å²) in [5, 5.41) is 0.338. The molecule has 0 spiro atoms. The summed E-state index contributed by atoms with van der Waals surface area (Å²) in [7, 11) is -1.52. The standard InChI is InChI=1S/C12H24O2Si/c1-12(2,3)15(4,5)13-8-9-6-10-11(7-9)14-10/h9-11H,6-8H2,1-5H3/t10-,11-/m1/s1. The molecule has 1 aliphatic heterocycles. The minimum absolute atomic E-state index is 0.338. The molecule has 0 radical (unpaired) electrons. The molecule has 0 aromatic rings. The van der Waals surface area contributed by atoms with Crippen molar-refractivity contribution in [3.8, 4) is 0 Å². The molecule has 0 amide bonds. The van der Waals surface area contributed by atoms with Gasteiger partial charge in [0.2, 0.25) is 0 Å². The highest BCUT2D eigenvalue weighted by Gasteiger charge is 2.48. The lowest BCUT2D eigenvalue weighted by Gasteiger charge is -2.37. The van der Waals surface area contributed by atoms with Gasteiger partial charge < -0.3 is 9.16 Å². The van der Waals surface area contributed by atoms with Gasteiger partial charge in [-0.25, -0.2) is 0 Å². The second kappa shape index (κ2) is 3.57. The second-order valence-electron chi connectivity index (χ2n) is 6.62. The zero-order valence-corrected chi connectivity index (χ0v) is 11.7. The van der Waals surface area contributed by atoms with Crippen LogP contribution in [0.3, 0.4) is 0 Å². The molecule has 0 unspecified atom stereocenters. The summed E-state index contributed by atoms with van der Waals surface area (Å²) in [6, 6.07) is 0. The van der Waals surface area contributed by atoms with Gasteiger partial charge in [0.15, 0.2) is 8.32 Å². The van der Waals surface area contributed by atoms with Gasteiger partial charge in [0.05, 0.1) is 12.2 Å². The van der Waals surface area contributed by atoms with Crippen LogP contribution in [0.5, 0.6) is 0 Å². The number of rotatable bonds is 3. The van der Waals surface area contributed by atoms with Gasteiger partial charge in [-0.3, -0.25) is 0 Å². The third-order valence-corrected chi connectivity index (χ3v) is 8.81. The van der Waals surface area contributed by atoms with Gasteiger partial charge in [-0.2, -0.15) is 0 Å². The molecule has 2 rings (SSSR count). The fourth-order valence-corrected chi connectivity index (χ4v) is 3.11. The topological polar surface area (TPSA) is 21.8 Å². The first-order valence-corrected chi connectivity index (χ1v) is 9.00.